The molecule has 0 unspecified atom stereocenters. The molecule has 0 amide bonds. The Morgan fingerprint density at radius 1 is 1.36 bits per heavy atom. The normalized spacial score (nSPS) is 25.3. The third kappa shape index (κ3) is 3.07. The molecule has 2 aliphatic rings. The van der Waals surface area contributed by atoms with Gasteiger partial charge in [-0.15, -0.1) is 4.99 Å². The highest BCUT2D eigenvalue weighted by Gasteiger charge is 2.34. The second kappa shape index (κ2) is 6.80. The Bertz CT molecular complexity index is 587. The van der Waals surface area contributed by atoms with Crippen LogP contribution in [0.2, 0.25) is 0 Å². The molecule has 0 spiro atoms. The summed E-state index contributed by atoms with van der Waals surface area (Å²) in [5, 5.41) is 16.1. The van der Waals surface area contributed by atoms with E-state index in [-0.39, 0.29) is 0 Å². The maximum atomic E-state index is 9.09. The third-order valence-electron chi connectivity index (χ3n) is 4.71. The molecular weight excluding hydrogens is 274 g/mol. The lowest BCUT2D eigenvalue weighted by atomic mass is 9.88. The molecule has 1 aromatic carbocycles. The van der Waals surface area contributed by atoms with E-state index in [1.54, 1.807) is 0 Å². The number of aryl methyl sites for hydroxylation is 1. The fraction of sp³-hybridized carbons (Fsp3) is 0.529. The molecule has 22 heavy (non-hydrogen) atoms. The van der Waals surface area contributed by atoms with Crippen LogP contribution < -0.4 is 10.6 Å². The molecule has 5 nitrogen and oxygen atoms in total. The second-order valence-electron chi connectivity index (χ2n) is 6.08. The van der Waals surface area contributed by atoms with Gasteiger partial charge in [0, 0.05) is 30.9 Å². The number of hydrogen-bond donors (Lipinski definition) is 2. The molecular formula is C17H23N5. The monoisotopic (exact) mass is 297 g/mol. The average Bonchev–Trinajstić information content (AvgIpc) is 2.56. The summed E-state index contributed by atoms with van der Waals surface area (Å²) >= 11 is 0. The zero-order valence-corrected chi connectivity index (χ0v) is 13.0. The van der Waals surface area contributed by atoms with Crippen LogP contribution in [0.1, 0.15) is 31.2 Å². The van der Waals surface area contributed by atoms with Crippen molar-refractivity contribution in [1.82, 2.24) is 10.2 Å². The second-order valence-corrected chi connectivity index (χ2v) is 6.08. The number of nitrogens with zero attached hydrogens (tertiary/aromatic N) is 3. The maximum absolute atomic E-state index is 9.09. The molecule has 1 aliphatic carbocycles. The SMILES string of the molecule is Cc1ccccc1NC(=NC#N)N1CCN[C@@H]2CCCC[C@@H]21. The number of para-hydroxylation sites is 1. The Balaban J connectivity index is 1.83. The first kappa shape index (κ1) is 14.9. The molecule has 1 aliphatic heterocycles. The van der Waals surface area contributed by atoms with E-state index in [1.807, 2.05) is 24.4 Å². The number of anilines is 1. The fourth-order valence-electron chi connectivity index (χ4n) is 3.57. The van der Waals surface area contributed by atoms with Gasteiger partial charge in [-0.05, 0) is 31.4 Å². The first-order valence-electron chi connectivity index (χ1n) is 8.09. The molecule has 2 fully saturated rings. The van der Waals surface area contributed by atoms with Gasteiger partial charge in [0.1, 0.15) is 0 Å². The lowest BCUT2D eigenvalue weighted by molar-refractivity contribution is 0.152. The van der Waals surface area contributed by atoms with Crippen molar-refractivity contribution in [3.63, 3.8) is 0 Å². The molecule has 1 saturated heterocycles. The Morgan fingerprint density at radius 2 is 2.18 bits per heavy atom. The van der Waals surface area contributed by atoms with Crippen LogP contribution in [0.5, 0.6) is 0 Å². The first-order chi connectivity index (χ1) is 10.8. The van der Waals surface area contributed by atoms with Crippen LogP contribution in [0.25, 0.3) is 0 Å². The van der Waals surface area contributed by atoms with Crippen molar-refractivity contribution in [2.45, 2.75) is 44.7 Å². The number of aliphatic imine (C=N–C) groups is 1. The maximum Gasteiger partial charge on any atom is 0.214 e. The zero-order valence-electron chi connectivity index (χ0n) is 13.0. The molecule has 1 saturated carbocycles. The van der Waals surface area contributed by atoms with Gasteiger partial charge < -0.3 is 15.5 Å². The molecule has 3 rings (SSSR count). The van der Waals surface area contributed by atoms with Crippen LogP contribution in [0.3, 0.4) is 0 Å². The standard InChI is InChI=1S/C17H23N5/c1-13-6-2-3-7-14(13)21-17(20-12-18)22-11-10-19-15-8-4-5-9-16(15)22/h2-3,6-7,15-16,19H,4-5,8-11H2,1H3,(H,20,21)/t15-,16+/m1/s1. The van der Waals surface area contributed by atoms with Gasteiger partial charge in [0.15, 0.2) is 0 Å². The molecule has 2 atom stereocenters. The van der Waals surface area contributed by atoms with Crippen LogP contribution in [0.15, 0.2) is 29.3 Å². The summed E-state index contributed by atoms with van der Waals surface area (Å²) in [6, 6.07) is 9.07. The molecule has 0 radical (unpaired) electrons. The summed E-state index contributed by atoms with van der Waals surface area (Å²) in [6.45, 7) is 3.90. The Kier molecular flexibility index (Phi) is 4.59. The number of nitrogens with one attached hydrogen (secondary N) is 2. The number of benzene rings is 1. The van der Waals surface area contributed by atoms with Crippen molar-refractivity contribution in [3.8, 4) is 6.19 Å². The number of nitriles is 1. The van der Waals surface area contributed by atoms with Crippen LogP contribution in [-0.2, 0) is 0 Å². The predicted octanol–water partition coefficient (Wildman–Crippen LogP) is 2.46. The van der Waals surface area contributed by atoms with Gasteiger partial charge in [0.2, 0.25) is 12.2 Å². The van der Waals surface area contributed by atoms with Gasteiger partial charge in [0.05, 0.1) is 0 Å². The number of piperazine rings is 1. The van der Waals surface area contributed by atoms with E-state index in [4.69, 9.17) is 5.26 Å². The average molecular weight is 297 g/mol. The van der Waals surface area contributed by atoms with E-state index >= 15 is 0 Å². The smallest absolute Gasteiger partial charge is 0.214 e. The summed E-state index contributed by atoms with van der Waals surface area (Å²) in [5.41, 5.74) is 2.17. The van der Waals surface area contributed by atoms with Crippen molar-refractivity contribution in [1.29, 1.82) is 5.26 Å². The molecule has 2 N–H and O–H groups in total. The summed E-state index contributed by atoms with van der Waals surface area (Å²) in [7, 11) is 0. The van der Waals surface area contributed by atoms with Crippen LogP contribution in [0.4, 0.5) is 5.69 Å². The van der Waals surface area contributed by atoms with Crippen LogP contribution in [-0.4, -0.2) is 36.0 Å². The summed E-state index contributed by atoms with van der Waals surface area (Å²) in [5.74, 6) is 0.690. The van der Waals surface area contributed by atoms with Gasteiger partial charge in [0.25, 0.3) is 0 Å². The lowest BCUT2D eigenvalue weighted by Gasteiger charge is -2.45. The van der Waals surface area contributed by atoms with E-state index in [0.717, 1.165) is 30.8 Å². The van der Waals surface area contributed by atoms with Crippen molar-refractivity contribution in [3.05, 3.63) is 29.8 Å². The molecule has 0 bridgehead atoms. The van der Waals surface area contributed by atoms with Crippen molar-refractivity contribution < 1.29 is 0 Å². The Morgan fingerprint density at radius 3 is 3.00 bits per heavy atom. The number of fused-ring (bicyclic) bond motifs is 1. The van der Waals surface area contributed by atoms with E-state index in [9.17, 15) is 0 Å². The van der Waals surface area contributed by atoms with Crippen molar-refractivity contribution in [2.24, 2.45) is 4.99 Å². The van der Waals surface area contributed by atoms with Crippen LogP contribution in [0, 0.1) is 18.4 Å². The topological polar surface area (TPSA) is 63.5 Å². The quantitative estimate of drug-likeness (QED) is 0.475. The Labute approximate surface area is 132 Å². The van der Waals surface area contributed by atoms with Crippen molar-refractivity contribution in [2.75, 3.05) is 18.4 Å². The Hall–Kier alpha value is -2.06. The summed E-state index contributed by atoms with van der Waals surface area (Å²) < 4.78 is 0. The molecule has 0 aromatic heterocycles. The highest BCUT2D eigenvalue weighted by Crippen LogP contribution is 2.26. The number of rotatable bonds is 1. The molecule has 116 valence electrons. The predicted molar refractivity (Wildman–Crippen MR) is 88.6 cm³/mol. The van der Waals surface area contributed by atoms with Gasteiger partial charge in [-0.2, -0.15) is 5.26 Å². The minimum atomic E-state index is 0.436. The van der Waals surface area contributed by atoms with Gasteiger partial charge in [-0.25, -0.2) is 0 Å². The zero-order chi connectivity index (χ0) is 15.4. The van der Waals surface area contributed by atoms with Gasteiger partial charge in [-0.3, -0.25) is 0 Å². The van der Waals surface area contributed by atoms with Gasteiger partial charge >= 0.3 is 0 Å². The minimum absolute atomic E-state index is 0.436. The molecule has 1 heterocycles. The highest BCUT2D eigenvalue weighted by atomic mass is 15.3. The minimum Gasteiger partial charge on any atom is -0.336 e. The molecule has 5 heteroatoms. The van der Waals surface area contributed by atoms with E-state index < -0.39 is 0 Å². The number of guanidine groups is 1. The highest BCUT2D eigenvalue weighted by molar-refractivity contribution is 5.95. The van der Waals surface area contributed by atoms with Crippen molar-refractivity contribution >= 4 is 11.6 Å². The van der Waals surface area contributed by atoms with Gasteiger partial charge in [-0.1, -0.05) is 31.0 Å². The fourth-order valence-corrected chi connectivity index (χ4v) is 3.57. The molecule has 1 aromatic rings. The summed E-state index contributed by atoms with van der Waals surface area (Å²) in [4.78, 5) is 6.37. The van der Waals surface area contributed by atoms with E-state index in [0.29, 0.717) is 18.0 Å². The first-order valence-corrected chi connectivity index (χ1v) is 8.09. The van der Waals surface area contributed by atoms with E-state index in [1.165, 1.54) is 19.3 Å². The van der Waals surface area contributed by atoms with E-state index in [2.05, 4.69) is 33.5 Å². The lowest BCUT2D eigenvalue weighted by Crippen LogP contribution is -2.61. The third-order valence-corrected chi connectivity index (χ3v) is 4.71. The number of hydrogen-bond acceptors (Lipinski definition) is 3. The largest absolute Gasteiger partial charge is 0.336 e. The van der Waals surface area contributed by atoms with Crippen LogP contribution >= 0.6 is 0 Å². The summed E-state index contributed by atoms with van der Waals surface area (Å²) in [6.07, 6.45) is 6.88.